The third-order valence-corrected chi connectivity index (χ3v) is 2.79. The van der Waals surface area contributed by atoms with Gasteiger partial charge in [-0.1, -0.05) is 0 Å². The van der Waals surface area contributed by atoms with Gasteiger partial charge < -0.3 is 15.1 Å². The van der Waals surface area contributed by atoms with E-state index in [-0.39, 0.29) is 0 Å². The molecule has 0 radical (unpaired) electrons. The Kier molecular flexibility index (Phi) is 3.86. The predicted octanol–water partition coefficient (Wildman–Crippen LogP) is 1.89. The zero-order chi connectivity index (χ0) is 11.2. The summed E-state index contributed by atoms with van der Waals surface area (Å²) >= 11 is 0. The molecule has 1 heterocycles. The molecule has 1 saturated carbocycles. The first kappa shape index (κ1) is 11.0. The second-order valence-electron chi connectivity index (χ2n) is 4.10. The van der Waals surface area contributed by atoms with E-state index in [2.05, 4.69) is 22.5 Å². The Morgan fingerprint density at radius 2 is 2.44 bits per heavy atom. The van der Waals surface area contributed by atoms with Crippen LogP contribution in [0.1, 0.15) is 31.7 Å². The lowest BCUT2D eigenvalue weighted by atomic mass is 9.93. The van der Waals surface area contributed by atoms with Crippen LogP contribution in [0, 0.1) is 0 Å². The predicted molar refractivity (Wildman–Crippen MR) is 64.3 cm³/mol. The Balaban J connectivity index is 1.86. The topological polar surface area (TPSA) is 49.6 Å². The molecule has 0 spiro atoms. The highest BCUT2D eigenvalue weighted by atomic mass is 16.3. The fourth-order valence-electron chi connectivity index (χ4n) is 1.62. The number of furan rings is 1. The third-order valence-electron chi connectivity index (χ3n) is 2.79. The SMILES string of the molecule is CCNC(=NCc1ccoc1)NC1CCC1. The molecule has 16 heavy (non-hydrogen) atoms. The van der Waals surface area contributed by atoms with Crippen LogP contribution in [0.15, 0.2) is 28.0 Å². The molecule has 2 rings (SSSR count). The van der Waals surface area contributed by atoms with Crippen molar-refractivity contribution in [3.63, 3.8) is 0 Å². The van der Waals surface area contributed by atoms with Crippen molar-refractivity contribution in [2.45, 2.75) is 38.8 Å². The highest BCUT2D eigenvalue weighted by molar-refractivity contribution is 5.80. The normalized spacial score (nSPS) is 16.9. The molecule has 0 aliphatic heterocycles. The first-order valence-corrected chi connectivity index (χ1v) is 5.94. The molecule has 1 aromatic heterocycles. The lowest BCUT2D eigenvalue weighted by molar-refractivity contribution is 0.380. The van der Waals surface area contributed by atoms with Crippen LogP contribution in [0.2, 0.25) is 0 Å². The van der Waals surface area contributed by atoms with Gasteiger partial charge in [0.05, 0.1) is 19.1 Å². The molecule has 4 nitrogen and oxygen atoms in total. The number of nitrogens with one attached hydrogen (secondary N) is 2. The molecule has 0 unspecified atom stereocenters. The average molecular weight is 221 g/mol. The number of hydrogen-bond donors (Lipinski definition) is 2. The van der Waals surface area contributed by atoms with E-state index in [1.807, 2.05) is 6.07 Å². The van der Waals surface area contributed by atoms with E-state index in [0.717, 1.165) is 18.1 Å². The Morgan fingerprint density at radius 1 is 1.56 bits per heavy atom. The van der Waals surface area contributed by atoms with Crippen LogP contribution in [-0.4, -0.2) is 18.5 Å². The fraction of sp³-hybridized carbons (Fsp3) is 0.583. The van der Waals surface area contributed by atoms with E-state index >= 15 is 0 Å². The van der Waals surface area contributed by atoms with Gasteiger partial charge in [-0.25, -0.2) is 4.99 Å². The maximum Gasteiger partial charge on any atom is 0.191 e. The molecule has 1 aromatic rings. The van der Waals surface area contributed by atoms with Crippen molar-refractivity contribution >= 4 is 5.96 Å². The molecule has 0 amide bonds. The molecule has 0 aromatic carbocycles. The van der Waals surface area contributed by atoms with E-state index in [1.165, 1.54) is 19.3 Å². The summed E-state index contributed by atoms with van der Waals surface area (Å²) in [7, 11) is 0. The van der Waals surface area contributed by atoms with Crippen molar-refractivity contribution in [2.75, 3.05) is 6.54 Å². The van der Waals surface area contributed by atoms with Gasteiger partial charge in [-0.3, -0.25) is 0 Å². The van der Waals surface area contributed by atoms with Gasteiger partial charge in [-0.2, -0.15) is 0 Å². The number of hydrogen-bond acceptors (Lipinski definition) is 2. The lowest BCUT2D eigenvalue weighted by Gasteiger charge is -2.28. The second-order valence-corrected chi connectivity index (χ2v) is 4.10. The van der Waals surface area contributed by atoms with Crippen LogP contribution < -0.4 is 10.6 Å². The molecule has 0 saturated heterocycles. The Morgan fingerprint density at radius 3 is 3.00 bits per heavy atom. The largest absolute Gasteiger partial charge is 0.472 e. The Bertz CT molecular complexity index is 328. The van der Waals surface area contributed by atoms with Gasteiger partial charge in [0.15, 0.2) is 5.96 Å². The zero-order valence-electron chi connectivity index (χ0n) is 9.70. The van der Waals surface area contributed by atoms with Gasteiger partial charge in [0.2, 0.25) is 0 Å². The van der Waals surface area contributed by atoms with Gasteiger partial charge in [-0.05, 0) is 32.3 Å². The van der Waals surface area contributed by atoms with Crippen molar-refractivity contribution in [2.24, 2.45) is 4.99 Å². The maximum atomic E-state index is 5.01. The summed E-state index contributed by atoms with van der Waals surface area (Å²) in [6, 6.07) is 2.55. The first-order valence-electron chi connectivity index (χ1n) is 5.94. The summed E-state index contributed by atoms with van der Waals surface area (Å²) in [6.45, 7) is 3.64. The second kappa shape index (κ2) is 5.58. The van der Waals surface area contributed by atoms with Crippen LogP contribution >= 0.6 is 0 Å². The molecule has 0 atom stereocenters. The van der Waals surface area contributed by atoms with Crippen LogP contribution in [0.4, 0.5) is 0 Å². The molecule has 0 bridgehead atoms. The van der Waals surface area contributed by atoms with Gasteiger partial charge in [-0.15, -0.1) is 0 Å². The standard InChI is InChI=1S/C12H19N3O/c1-2-13-12(15-11-4-3-5-11)14-8-10-6-7-16-9-10/h6-7,9,11H,2-5,8H2,1H3,(H2,13,14,15). The minimum atomic E-state index is 0.613. The van der Waals surface area contributed by atoms with Crippen LogP contribution in [0.5, 0.6) is 0 Å². The van der Waals surface area contributed by atoms with Crippen molar-refractivity contribution < 1.29 is 4.42 Å². The highest BCUT2D eigenvalue weighted by Crippen LogP contribution is 2.17. The van der Waals surface area contributed by atoms with E-state index in [4.69, 9.17) is 4.42 Å². The zero-order valence-corrected chi connectivity index (χ0v) is 9.70. The Hall–Kier alpha value is -1.45. The molecule has 1 aliphatic rings. The summed E-state index contributed by atoms with van der Waals surface area (Å²) in [5.41, 5.74) is 1.10. The van der Waals surface area contributed by atoms with E-state index < -0.39 is 0 Å². The molecular weight excluding hydrogens is 202 g/mol. The number of aliphatic imine (C=N–C) groups is 1. The quantitative estimate of drug-likeness (QED) is 0.603. The van der Waals surface area contributed by atoms with Gasteiger partial charge in [0.1, 0.15) is 0 Å². The smallest absolute Gasteiger partial charge is 0.191 e. The number of nitrogens with zero attached hydrogens (tertiary/aromatic N) is 1. The van der Waals surface area contributed by atoms with Crippen LogP contribution in [0.25, 0.3) is 0 Å². The summed E-state index contributed by atoms with van der Waals surface area (Å²) in [4.78, 5) is 4.51. The van der Waals surface area contributed by atoms with E-state index in [9.17, 15) is 0 Å². The van der Waals surface area contributed by atoms with Gasteiger partial charge in [0.25, 0.3) is 0 Å². The highest BCUT2D eigenvalue weighted by Gasteiger charge is 2.17. The van der Waals surface area contributed by atoms with E-state index in [0.29, 0.717) is 12.6 Å². The van der Waals surface area contributed by atoms with Crippen molar-refractivity contribution in [1.29, 1.82) is 0 Å². The lowest BCUT2D eigenvalue weighted by Crippen LogP contribution is -2.46. The summed E-state index contributed by atoms with van der Waals surface area (Å²) in [5, 5.41) is 6.68. The number of rotatable bonds is 4. The van der Waals surface area contributed by atoms with E-state index in [1.54, 1.807) is 12.5 Å². The third kappa shape index (κ3) is 3.02. The summed E-state index contributed by atoms with van der Waals surface area (Å²) in [6.07, 6.45) is 7.26. The molecule has 2 N–H and O–H groups in total. The minimum Gasteiger partial charge on any atom is -0.472 e. The maximum absolute atomic E-state index is 5.01. The van der Waals surface area contributed by atoms with Crippen molar-refractivity contribution in [1.82, 2.24) is 10.6 Å². The van der Waals surface area contributed by atoms with Gasteiger partial charge in [0, 0.05) is 18.2 Å². The summed E-state index contributed by atoms with van der Waals surface area (Å²) < 4.78 is 5.01. The van der Waals surface area contributed by atoms with Crippen molar-refractivity contribution in [3.8, 4) is 0 Å². The minimum absolute atomic E-state index is 0.613. The molecule has 4 heteroatoms. The first-order chi connectivity index (χ1) is 7.88. The van der Waals surface area contributed by atoms with Crippen LogP contribution in [-0.2, 0) is 6.54 Å². The summed E-state index contributed by atoms with van der Waals surface area (Å²) in [5.74, 6) is 0.911. The molecule has 1 aliphatic carbocycles. The molecule has 1 fully saturated rings. The average Bonchev–Trinajstić information content (AvgIpc) is 2.72. The fourth-order valence-corrected chi connectivity index (χ4v) is 1.62. The van der Waals surface area contributed by atoms with Crippen molar-refractivity contribution in [3.05, 3.63) is 24.2 Å². The molecule has 88 valence electrons. The monoisotopic (exact) mass is 221 g/mol. The number of guanidine groups is 1. The molecular formula is C12H19N3O. The van der Waals surface area contributed by atoms with Gasteiger partial charge >= 0.3 is 0 Å². The Labute approximate surface area is 96.1 Å². The van der Waals surface area contributed by atoms with Crippen LogP contribution in [0.3, 0.4) is 0 Å².